The molecular formula is C18H22N4OS. The molecule has 0 bridgehead atoms. The molecule has 0 saturated heterocycles. The van der Waals surface area contributed by atoms with Crippen molar-refractivity contribution in [1.82, 2.24) is 14.8 Å². The largest absolute Gasteiger partial charge is 0.311 e. The van der Waals surface area contributed by atoms with Crippen molar-refractivity contribution < 1.29 is 4.79 Å². The van der Waals surface area contributed by atoms with Crippen molar-refractivity contribution in [3.8, 4) is 0 Å². The van der Waals surface area contributed by atoms with Crippen molar-refractivity contribution in [1.29, 1.82) is 0 Å². The number of para-hydroxylation sites is 1. The van der Waals surface area contributed by atoms with Crippen LogP contribution in [0.5, 0.6) is 0 Å². The maximum atomic E-state index is 12.9. The second-order valence-corrected chi connectivity index (χ2v) is 7.80. The molecule has 6 heteroatoms. The van der Waals surface area contributed by atoms with E-state index in [1.807, 2.05) is 30.0 Å². The van der Waals surface area contributed by atoms with Crippen LogP contribution >= 0.6 is 11.8 Å². The number of fused-ring (bicyclic) bond motifs is 2. The zero-order valence-corrected chi connectivity index (χ0v) is 14.8. The van der Waals surface area contributed by atoms with Gasteiger partial charge in [-0.3, -0.25) is 4.79 Å². The molecule has 126 valence electrons. The van der Waals surface area contributed by atoms with Gasteiger partial charge in [0, 0.05) is 25.2 Å². The van der Waals surface area contributed by atoms with Crippen molar-refractivity contribution in [2.45, 2.75) is 56.0 Å². The monoisotopic (exact) mass is 342 g/mol. The maximum Gasteiger partial charge on any atom is 0.240 e. The third-order valence-corrected chi connectivity index (χ3v) is 5.93. The molecule has 4 rings (SSSR count). The Bertz CT molecular complexity index is 757. The van der Waals surface area contributed by atoms with E-state index in [1.165, 1.54) is 24.8 Å². The molecule has 0 unspecified atom stereocenters. The number of benzene rings is 1. The highest BCUT2D eigenvalue weighted by molar-refractivity contribution is 8.00. The second kappa shape index (κ2) is 6.59. The van der Waals surface area contributed by atoms with Gasteiger partial charge in [-0.1, -0.05) is 36.4 Å². The zero-order chi connectivity index (χ0) is 16.5. The summed E-state index contributed by atoms with van der Waals surface area (Å²) in [5, 5.41) is 9.40. The van der Waals surface area contributed by atoms with Crippen molar-refractivity contribution >= 4 is 23.4 Å². The number of carbonyl (C=O) groups is 1. The van der Waals surface area contributed by atoms with Crippen LogP contribution in [0.2, 0.25) is 0 Å². The summed E-state index contributed by atoms with van der Waals surface area (Å²) in [7, 11) is 0. The molecule has 0 aliphatic carbocycles. The number of hydrogen-bond donors (Lipinski definition) is 0. The molecule has 2 aliphatic heterocycles. The van der Waals surface area contributed by atoms with Crippen LogP contribution in [0.4, 0.5) is 5.69 Å². The first-order chi connectivity index (χ1) is 11.7. The van der Waals surface area contributed by atoms with E-state index in [-0.39, 0.29) is 11.2 Å². The number of carbonyl (C=O) groups excluding carboxylic acids is 1. The molecule has 2 aromatic rings. The third-order valence-electron chi connectivity index (χ3n) is 4.86. The van der Waals surface area contributed by atoms with E-state index in [9.17, 15) is 4.79 Å². The van der Waals surface area contributed by atoms with Crippen molar-refractivity contribution in [2.75, 3.05) is 11.4 Å². The average Bonchev–Trinajstić information content (AvgIpc) is 3.11. The number of hydrogen-bond acceptors (Lipinski definition) is 4. The van der Waals surface area contributed by atoms with Crippen LogP contribution in [0.15, 0.2) is 29.4 Å². The molecule has 24 heavy (non-hydrogen) atoms. The minimum absolute atomic E-state index is 0.160. The Balaban J connectivity index is 1.50. The van der Waals surface area contributed by atoms with Gasteiger partial charge in [-0.15, -0.1) is 10.2 Å². The summed E-state index contributed by atoms with van der Waals surface area (Å²) in [6.45, 7) is 3.73. The highest BCUT2D eigenvalue weighted by Crippen LogP contribution is 2.31. The Morgan fingerprint density at radius 1 is 1.12 bits per heavy atom. The lowest BCUT2D eigenvalue weighted by molar-refractivity contribution is -0.117. The van der Waals surface area contributed by atoms with Gasteiger partial charge in [0.1, 0.15) is 5.82 Å². The van der Waals surface area contributed by atoms with Crippen molar-refractivity contribution in [3.05, 3.63) is 35.7 Å². The number of rotatable bonds is 3. The molecular weight excluding hydrogens is 320 g/mol. The molecule has 0 fully saturated rings. The number of anilines is 1. The van der Waals surface area contributed by atoms with E-state index >= 15 is 0 Å². The minimum atomic E-state index is -0.160. The van der Waals surface area contributed by atoms with Crippen LogP contribution < -0.4 is 4.90 Å². The lowest BCUT2D eigenvalue weighted by Gasteiger charge is -2.21. The lowest BCUT2D eigenvalue weighted by Crippen LogP contribution is -2.35. The summed E-state index contributed by atoms with van der Waals surface area (Å²) in [6.07, 6.45) is 5.53. The van der Waals surface area contributed by atoms with Crippen LogP contribution in [0.1, 0.15) is 37.6 Å². The fourth-order valence-electron chi connectivity index (χ4n) is 3.54. The molecule has 0 N–H and O–H groups in total. The molecule has 2 aliphatic rings. The minimum Gasteiger partial charge on any atom is -0.311 e. The highest BCUT2D eigenvalue weighted by atomic mass is 32.2. The number of aromatic nitrogens is 3. The van der Waals surface area contributed by atoms with Gasteiger partial charge in [-0.25, -0.2) is 0 Å². The van der Waals surface area contributed by atoms with Gasteiger partial charge in [-0.05, 0) is 37.8 Å². The predicted molar refractivity (Wildman–Crippen MR) is 95.4 cm³/mol. The third kappa shape index (κ3) is 2.83. The molecule has 1 aromatic carbocycles. The van der Waals surface area contributed by atoms with Gasteiger partial charge in [0.25, 0.3) is 0 Å². The molecule has 3 heterocycles. The van der Waals surface area contributed by atoms with Gasteiger partial charge in [0.05, 0.1) is 5.25 Å². The van der Waals surface area contributed by atoms with E-state index in [4.69, 9.17) is 0 Å². The van der Waals surface area contributed by atoms with Crippen molar-refractivity contribution in [3.63, 3.8) is 0 Å². The number of aryl methyl sites for hydroxylation is 1. The summed E-state index contributed by atoms with van der Waals surface area (Å²) in [4.78, 5) is 14.8. The van der Waals surface area contributed by atoms with E-state index < -0.39 is 0 Å². The molecule has 1 amide bonds. The van der Waals surface area contributed by atoms with E-state index in [0.717, 1.165) is 42.6 Å². The fourth-order valence-corrected chi connectivity index (χ4v) is 4.50. The number of nitrogens with zero attached hydrogens (tertiary/aromatic N) is 4. The van der Waals surface area contributed by atoms with Gasteiger partial charge >= 0.3 is 0 Å². The molecule has 5 nitrogen and oxygen atoms in total. The maximum absolute atomic E-state index is 12.9. The smallest absolute Gasteiger partial charge is 0.240 e. The van der Waals surface area contributed by atoms with Crippen LogP contribution in [-0.2, 0) is 24.2 Å². The van der Waals surface area contributed by atoms with Crippen LogP contribution in [0.3, 0.4) is 0 Å². The fraction of sp³-hybridized carbons (Fsp3) is 0.500. The Labute approximate surface area is 146 Å². The van der Waals surface area contributed by atoms with Gasteiger partial charge in [0.15, 0.2) is 5.16 Å². The Morgan fingerprint density at radius 3 is 2.92 bits per heavy atom. The summed E-state index contributed by atoms with van der Waals surface area (Å²) in [5.41, 5.74) is 2.33. The van der Waals surface area contributed by atoms with Gasteiger partial charge in [0.2, 0.25) is 5.91 Å². The van der Waals surface area contributed by atoms with Crippen LogP contribution in [-0.4, -0.2) is 32.5 Å². The molecule has 1 atom stereocenters. The first-order valence-electron chi connectivity index (χ1n) is 8.72. The van der Waals surface area contributed by atoms with Crippen LogP contribution in [0.25, 0.3) is 0 Å². The van der Waals surface area contributed by atoms with Crippen molar-refractivity contribution in [2.24, 2.45) is 0 Å². The molecule has 0 radical (unpaired) electrons. The Morgan fingerprint density at radius 2 is 2.00 bits per heavy atom. The lowest BCUT2D eigenvalue weighted by atomic mass is 10.2. The molecule has 0 spiro atoms. The molecule has 0 saturated carbocycles. The van der Waals surface area contributed by atoms with E-state index in [0.29, 0.717) is 0 Å². The quantitative estimate of drug-likeness (QED) is 0.805. The number of amides is 1. The topological polar surface area (TPSA) is 51.0 Å². The Hall–Kier alpha value is -1.82. The van der Waals surface area contributed by atoms with Gasteiger partial charge in [-0.2, -0.15) is 0 Å². The second-order valence-electron chi connectivity index (χ2n) is 6.49. The standard InChI is InChI=1S/C18H22N4OS/c1-13(17(23)21-12-10-14-7-4-5-8-15(14)21)24-18-20-19-16-9-3-2-6-11-22(16)18/h4-5,7-8,13H,2-3,6,9-12H2,1H3/t13-/m1/s1. The summed E-state index contributed by atoms with van der Waals surface area (Å²) in [6, 6.07) is 8.19. The van der Waals surface area contributed by atoms with Gasteiger partial charge < -0.3 is 9.47 Å². The zero-order valence-electron chi connectivity index (χ0n) is 13.9. The SMILES string of the molecule is C[C@@H](Sc1nnc2n1CCCCC2)C(=O)N1CCc2ccccc21. The first-order valence-corrected chi connectivity index (χ1v) is 9.60. The predicted octanol–water partition coefficient (Wildman–Crippen LogP) is 3.07. The summed E-state index contributed by atoms with van der Waals surface area (Å²) < 4.78 is 2.21. The van der Waals surface area contributed by atoms with Crippen LogP contribution in [0, 0.1) is 0 Å². The first kappa shape index (κ1) is 15.7. The average molecular weight is 342 g/mol. The number of thioether (sulfide) groups is 1. The summed E-state index contributed by atoms with van der Waals surface area (Å²) >= 11 is 1.54. The normalized spacial score (nSPS) is 18.0. The van der Waals surface area contributed by atoms with E-state index in [1.54, 1.807) is 11.8 Å². The molecule has 1 aromatic heterocycles. The highest BCUT2D eigenvalue weighted by Gasteiger charge is 2.29. The Kier molecular flexibility index (Phi) is 4.31. The summed E-state index contributed by atoms with van der Waals surface area (Å²) in [5.74, 6) is 1.23. The van der Waals surface area contributed by atoms with E-state index in [2.05, 4.69) is 20.8 Å².